The molecule has 0 radical (unpaired) electrons. The van der Waals surface area contributed by atoms with Crippen molar-refractivity contribution in [1.29, 1.82) is 0 Å². The van der Waals surface area contributed by atoms with Gasteiger partial charge in [0.1, 0.15) is 6.10 Å². The van der Waals surface area contributed by atoms with E-state index >= 15 is 0 Å². The van der Waals surface area contributed by atoms with Crippen molar-refractivity contribution in [3.63, 3.8) is 0 Å². The standard InChI is InChI=1S/C21H28Cl2N2O3.ClH/c1-14(26)28-16-6-8-19(20(13-16)25-9-3-4-10-25)24(2)21(27)12-15-5-7-17(22)18(23)11-15;/h5,7,11,16,19-20H,3-4,6,8-10,12-13H2,1-2H3;1H/t16-,19+,20+;/m1./s1. The number of esters is 1. The summed E-state index contributed by atoms with van der Waals surface area (Å²) in [6, 6.07) is 5.67. The molecule has 1 saturated carbocycles. The van der Waals surface area contributed by atoms with Crippen LogP contribution in [-0.2, 0) is 20.7 Å². The molecule has 1 aromatic rings. The Bertz CT molecular complexity index is 725. The van der Waals surface area contributed by atoms with E-state index < -0.39 is 0 Å². The lowest BCUT2D eigenvalue weighted by Crippen LogP contribution is -2.56. The Balaban J connectivity index is 0.00000300. The van der Waals surface area contributed by atoms with Crippen LogP contribution in [0, 0.1) is 0 Å². The fourth-order valence-corrected chi connectivity index (χ4v) is 4.81. The van der Waals surface area contributed by atoms with E-state index in [9.17, 15) is 9.59 Å². The zero-order valence-corrected chi connectivity index (χ0v) is 19.2. The molecule has 2 fully saturated rings. The predicted molar refractivity (Wildman–Crippen MR) is 118 cm³/mol. The summed E-state index contributed by atoms with van der Waals surface area (Å²) in [5.74, 6) is -0.161. The van der Waals surface area contributed by atoms with Crippen LogP contribution < -0.4 is 0 Å². The number of hydrogen-bond donors (Lipinski definition) is 0. The van der Waals surface area contributed by atoms with E-state index in [1.165, 1.54) is 19.8 Å². The first-order valence-corrected chi connectivity index (χ1v) is 10.7. The van der Waals surface area contributed by atoms with Crippen molar-refractivity contribution in [3.8, 4) is 0 Å². The number of nitrogens with zero attached hydrogens (tertiary/aromatic N) is 2. The lowest BCUT2D eigenvalue weighted by molar-refractivity contribution is -0.151. The minimum absolute atomic E-state index is 0. The Labute approximate surface area is 189 Å². The van der Waals surface area contributed by atoms with Gasteiger partial charge < -0.3 is 9.64 Å². The molecule has 0 aromatic heterocycles. The number of amides is 1. The summed E-state index contributed by atoms with van der Waals surface area (Å²) in [5.41, 5.74) is 0.859. The largest absolute Gasteiger partial charge is 0.462 e. The van der Waals surface area contributed by atoms with Crippen molar-refractivity contribution < 1.29 is 14.3 Å². The van der Waals surface area contributed by atoms with Gasteiger partial charge in [-0.1, -0.05) is 29.3 Å². The van der Waals surface area contributed by atoms with Crippen LogP contribution >= 0.6 is 35.6 Å². The third-order valence-corrected chi connectivity index (χ3v) is 6.64. The molecule has 29 heavy (non-hydrogen) atoms. The molecule has 0 unspecified atom stereocenters. The number of carbonyl (C=O) groups is 2. The van der Waals surface area contributed by atoms with Crippen LogP contribution in [-0.4, -0.2) is 60.0 Å². The van der Waals surface area contributed by atoms with Gasteiger partial charge in [0.15, 0.2) is 0 Å². The van der Waals surface area contributed by atoms with E-state index in [0.29, 0.717) is 16.5 Å². The third kappa shape index (κ3) is 6.24. The van der Waals surface area contributed by atoms with Crippen LogP contribution in [0.15, 0.2) is 18.2 Å². The van der Waals surface area contributed by atoms with E-state index in [-0.39, 0.29) is 42.5 Å². The van der Waals surface area contributed by atoms with Gasteiger partial charge in [0.25, 0.3) is 0 Å². The normalized spacial score (nSPS) is 24.6. The Morgan fingerprint density at radius 1 is 1.17 bits per heavy atom. The van der Waals surface area contributed by atoms with Gasteiger partial charge in [-0.15, -0.1) is 12.4 Å². The number of hydrogen-bond acceptors (Lipinski definition) is 4. The second-order valence-corrected chi connectivity index (χ2v) is 8.67. The molecule has 0 bridgehead atoms. The molecule has 0 N–H and O–H groups in total. The van der Waals surface area contributed by atoms with Crippen LogP contribution in [0.4, 0.5) is 0 Å². The molecule has 5 nitrogen and oxygen atoms in total. The van der Waals surface area contributed by atoms with E-state index in [4.69, 9.17) is 27.9 Å². The maximum Gasteiger partial charge on any atom is 0.302 e. The smallest absolute Gasteiger partial charge is 0.302 e. The van der Waals surface area contributed by atoms with E-state index in [1.54, 1.807) is 12.1 Å². The van der Waals surface area contributed by atoms with Crippen molar-refractivity contribution in [2.24, 2.45) is 0 Å². The van der Waals surface area contributed by atoms with E-state index in [1.807, 2.05) is 18.0 Å². The number of halogens is 3. The van der Waals surface area contributed by atoms with Crippen LogP contribution in [0.25, 0.3) is 0 Å². The zero-order chi connectivity index (χ0) is 20.3. The van der Waals surface area contributed by atoms with Crippen LogP contribution in [0.3, 0.4) is 0 Å². The molecule has 8 heteroatoms. The molecule has 162 valence electrons. The number of rotatable bonds is 5. The Morgan fingerprint density at radius 3 is 2.48 bits per heavy atom. The fourth-order valence-electron chi connectivity index (χ4n) is 4.49. The molecule has 3 rings (SSSR count). The van der Waals surface area contributed by atoms with Gasteiger partial charge in [-0.05, 0) is 56.5 Å². The molecule has 1 amide bonds. The van der Waals surface area contributed by atoms with E-state index in [0.717, 1.165) is 37.9 Å². The highest BCUT2D eigenvalue weighted by Crippen LogP contribution is 2.31. The SMILES string of the molecule is CC(=O)O[C@@H]1CC[C@H](N(C)C(=O)Cc2ccc(Cl)c(Cl)c2)[C@@H](N2CCCC2)C1.Cl. The van der Waals surface area contributed by atoms with Crippen LogP contribution in [0.5, 0.6) is 0 Å². The van der Waals surface area contributed by atoms with Gasteiger partial charge in [0, 0.05) is 32.5 Å². The number of likely N-dealkylation sites (tertiary alicyclic amines) is 1. The van der Waals surface area contributed by atoms with Crippen molar-refractivity contribution in [2.75, 3.05) is 20.1 Å². The summed E-state index contributed by atoms with van der Waals surface area (Å²) in [7, 11) is 1.89. The summed E-state index contributed by atoms with van der Waals surface area (Å²) in [6.07, 6.45) is 5.02. The lowest BCUT2D eigenvalue weighted by atomic mass is 9.86. The summed E-state index contributed by atoms with van der Waals surface area (Å²) in [5, 5.41) is 0.954. The topological polar surface area (TPSA) is 49.9 Å². The molecular weight excluding hydrogens is 435 g/mol. The molecular formula is C21H29Cl3N2O3. The fraction of sp³-hybridized carbons (Fsp3) is 0.619. The Hall–Kier alpha value is -1.01. The summed E-state index contributed by atoms with van der Waals surface area (Å²) in [4.78, 5) is 28.7. The van der Waals surface area contributed by atoms with Crippen LogP contribution in [0.1, 0.15) is 44.6 Å². The highest BCUT2D eigenvalue weighted by molar-refractivity contribution is 6.42. The maximum absolute atomic E-state index is 13.0. The Morgan fingerprint density at radius 2 is 1.86 bits per heavy atom. The highest BCUT2D eigenvalue weighted by atomic mass is 35.5. The van der Waals surface area contributed by atoms with Crippen molar-refractivity contribution in [1.82, 2.24) is 9.80 Å². The van der Waals surface area contributed by atoms with Gasteiger partial charge in [0.05, 0.1) is 16.5 Å². The summed E-state index contributed by atoms with van der Waals surface area (Å²) < 4.78 is 5.49. The molecule has 0 spiro atoms. The monoisotopic (exact) mass is 462 g/mol. The van der Waals surface area contributed by atoms with Gasteiger partial charge in [-0.2, -0.15) is 0 Å². The average Bonchev–Trinajstić information content (AvgIpc) is 3.18. The number of likely N-dealkylation sites (N-methyl/N-ethyl adjacent to an activating group) is 1. The van der Waals surface area contributed by atoms with Crippen LogP contribution in [0.2, 0.25) is 10.0 Å². The van der Waals surface area contributed by atoms with Crippen molar-refractivity contribution >= 4 is 47.5 Å². The first kappa shape index (κ1) is 24.3. The molecule has 1 aromatic carbocycles. The highest BCUT2D eigenvalue weighted by Gasteiger charge is 2.39. The molecule has 1 aliphatic carbocycles. The third-order valence-electron chi connectivity index (χ3n) is 5.91. The first-order valence-electron chi connectivity index (χ1n) is 9.96. The summed E-state index contributed by atoms with van der Waals surface area (Å²) in [6.45, 7) is 3.55. The predicted octanol–water partition coefficient (Wildman–Crippen LogP) is 4.36. The zero-order valence-electron chi connectivity index (χ0n) is 16.9. The minimum atomic E-state index is -0.229. The first-order chi connectivity index (χ1) is 13.3. The Kier molecular flexibility index (Phi) is 9.08. The number of benzene rings is 1. The van der Waals surface area contributed by atoms with Gasteiger partial charge in [-0.3, -0.25) is 14.5 Å². The number of ether oxygens (including phenoxy) is 1. The van der Waals surface area contributed by atoms with Gasteiger partial charge in [-0.25, -0.2) is 0 Å². The number of carbonyl (C=O) groups excluding carboxylic acids is 2. The van der Waals surface area contributed by atoms with Crippen molar-refractivity contribution in [3.05, 3.63) is 33.8 Å². The van der Waals surface area contributed by atoms with Crippen molar-refractivity contribution in [2.45, 2.75) is 63.6 Å². The average molecular weight is 464 g/mol. The van der Waals surface area contributed by atoms with E-state index in [2.05, 4.69) is 4.90 Å². The molecule has 1 aliphatic heterocycles. The molecule has 1 saturated heterocycles. The molecule has 2 aliphatic rings. The second kappa shape index (κ2) is 10.9. The maximum atomic E-state index is 13.0. The quantitative estimate of drug-likeness (QED) is 0.609. The molecule has 3 atom stereocenters. The molecule has 1 heterocycles. The minimum Gasteiger partial charge on any atom is -0.462 e. The van der Waals surface area contributed by atoms with Gasteiger partial charge in [0.2, 0.25) is 5.91 Å². The van der Waals surface area contributed by atoms with Gasteiger partial charge >= 0.3 is 5.97 Å². The summed E-state index contributed by atoms with van der Waals surface area (Å²) >= 11 is 12.1. The lowest BCUT2D eigenvalue weighted by Gasteiger charge is -2.44. The second-order valence-electron chi connectivity index (χ2n) is 7.85.